The minimum atomic E-state index is -3.55. The van der Waals surface area contributed by atoms with E-state index < -0.39 is 10.0 Å². The standard InChI is InChI=1S/C18H22N2O2S2/c1-23-17-9-11-18(12-10-17)24(21,22)19-15-5-7-16(8-6-15)20-13-3-2-4-14-20/h5-12,19H,2-4,13-14H2,1H3. The highest BCUT2D eigenvalue weighted by Gasteiger charge is 2.15. The summed E-state index contributed by atoms with van der Waals surface area (Å²) in [4.78, 5) is 3.67. The molecule has 1 N–H and O–H groups in total. The lowest BCUT2D eigenvalue weighted by Gasteiger charge is -2.28. The number of hydrogen-bond donors (Lipinski definition) is 1. The summed E-state index contributed by atoms with van der Waals surface area (Å²) in [7, 11) is -3.55. The highest BCUT2D eigenvalue weighted by Crippen LogP contribution is 2.24. The van der Waals surface area contributed by atoms with Crippen molar-refractivity contribution in [2.45, 2.75) is 29.1 Å². The van der Waals surface area contributed by atoms with Gasteiger partial charge < -0.3 is 4.90 Å². The van der Waals surface area contributed by atoms with Crippen LogP contribution in [0.2, 0.25) is 0 Å². The second kappa shape index (κ2) is 7.49. The molecule has 0 aromatic heterocycles. The van der Waals surface area contributed by atoms with Gasteiger partial charge in [0, 0.05) is 29.4 Å². The van der Waals surface area contributed by atoms with Gasteiger partial charge >= 0.3 is 0 Å². The Bertz CT molecular complexity index is 766. The zero-order valence-corrected chi connectivity index (χ0v) is 15.4. The van der Waals surface area contributed by atoms with Crippen LogP contribution in [0.4, 0.5) is 11.4 Å². The van der Waals surface area contributed by atoms with Crippen molar-refractivity contribution < 1.29 is 8.42 Å². The fraction of sp³-hybridized carbons (Fsp3) is 0.333. The van der Waals surface area contributed by atoms with E-state index in [1.165, 1.54) is 19.3 Å². The Morgan fingerprint density at radius 1 is 0.917 bits per heavy atom. The molecule has 0 saturated carbocycles. The van der Waals surface area contributed by atoms with Gasteiger partial charge in [0.25, 0.3) is 10.0 Å². The molecule has 0 aliphatic carbocycles. The van der Waals surface area contributed by atoms with Crippen molar-refractivity contribution in [3.05, 3.63) is 48.5 Å². The van der Waals surface area contributed by atoms with Crippen molar-refractivity contribution >= 4 is 33.2 Å². The average molecular weight is 363 g/mol. The number of benzene rings is 2. The molecule has 0 atom stereocenters. The zero-order valence-electron chi connectivity index (χ0n) is 13.7. The first kappa shape index (κ1) is 17.2. The summed E-state index contributed by atoms with van der Waals surface area (Å²) in [5, 5.41) is 0. The largest absolute Gasteiger partial charge is 0.372 e. The number of nitrogens with zero attached hydrogens (tertiary/aromatic N) is 1. The quantitative estimate of drug-likeness (QED) is 0.810. The topological polar surface area (TPSA) is 49.4 Å². The fourth-order valence-corrected chi connectivity index (χ4v) is 4.33. The van der Waals surface area contributed by atoms with E-state index in [1.54, 1.807) is 23.9 Å². The molecule has 0 radical (unpaired) electrons. The van der Waals surface area contributed by atoms with Gasteiger partial charge in [-0.15, -0.1) is 11.8 Å². The third-order valence-electron chi connectivity index (χ3n) is 4.21. The number of anilines is 2. The highest BCUT2D eigenvalue weighted by atomic mass is 32.2. The lowest BCUT2D eigenvalue weighted by molar-refractivity contribution is 0.578. The molecule has 3 rings (SSSR count). The molecule has 2 aromatic carbocycles. The minimum absolute atomic E-state index is 0.278. The Morgan fingerprint density at radius 3 is 2.12 bits per heavy atom. The van der Waals surface area contributed by atoms with Crippen LogP contribution in [0.5, 0.6) is 0 Å². The summed E-state index contributed by atoms with van der Waals surface area (Å²) in [6, 6.07) is 14.5. The molecule has 0 bridgehead atoms. The van der Waals surface area contributed by atoms with Gasteiger partial charge in [0.15, 0.2) is 0 Å². The average Bonchev–Trinajstić information content (AvgIpc) is 2.63. The second-order valence-corrected chi connectivity index (χ2v) is 8.44. The molecule has 128 valence electrons. The molecule has 1 heterocycles. The van der Waals surface area contributed by atoms with E-state index >= 15 is 0 Å². The van der Waals surface area contributed by atoms with Crippen molar-refractivity contribution in [1.29, 1.82) is 0 Å². The minimum Gasteiger partial charge on any atom is -0.372 e. The summed E-state index contributed by atoms with van der Waals surface area (Å²) in [5.41, 5.74) is 1.74. The van der Waals surface area contributed by atoms with Crippen LogP contribution in [0, 0.1) is 0 Å². The highest BCUT2D eigenvalue weighted by molar-refractivity contribution is 7.98. The van der Waals surface area contributed by atoms with Gasteiger partial charge in [-0.3, -0.25) is 4.72 Å². The van der Waals surface area contributed by atoms with E-state index in [0.29, 0.717) is 5.69 Å². The van der Waals surface area contributed by atoms with Crippen LogP contribution in [-0.4, -0.2) is 27.8 Å². The number of rotatable bonds is 5. The van der Waals surface area contributed by atoms with Crippen LogP contribution >= 0.6 is 11.8 Å². The molecule has 1 saturated heterocycles. The summed E-state index contributed by atoms with van der Waals surface area (Å²) in [6.07, 6.45) is 5.70. The maximum Gasteiger partial charge on any atom is 0.261 e. The second-order valence-electron chi connectivity index (χ2n) is 5.88. The SMILES string of the molecule is CSc1ccc(S(=O)(=O)Nc2ccc(N3CCCCC3)cc2)cc1. The molecule has 4 nitrogen and oxygen atoms in total. The summed E-state index contributed by atoms with van der Waals surface area (Å²) in [6.45, 7) is 2.15. The number of hydrogen-bond acceptors (Lipinski definition) is 4. The maximum absolute atomic E-state index is 12.5. The summed E-state index contributed by atoms with van der Waals surface area (Å²) < 4.78 is 27.6. The van der Waals surface area contributed by atoms with Gasteiger partial charge in [-0.05, 0) is 74.0 Å². The predicted molar refractivity (Wildman–Crippen MR) is 102 cm³/mol. The van der Waals surface area contributed by atoms with E-state index in [2.05, 4.69) is 9.62 Å². The predicted octanol–water partition coefficient (Wildman–Crippen LogP) is 4.20. The van der Waals surface area contributed by atoms with Gasteiger partial charge in [-0.25, -0.2) is 8.42 Å². The van der Waals surface area contributed by atoms with Gasteiger partial charge in [-0.2, -0.15) is 0 Å². The summed E-state index contributed by atoms with van der Waals surface area (Å²) in [5.74, 6) is 0. The van der Waals surface area contributed by atoms with Crippen LogP contribution in [0.25, 0.3) is 0 Å². The van der Waals surface area contributed by atoms with Crippen LogP contribution in [0.3, 0.4) is 0 Å². The Labute approximate surface area is 148 Å². The van der Waals surface area contributed by atoms with Crippen molar-refractivity contribution in [1.82, 2.24) is 0 Å². The Kier molecular flexibility index (Phi) is 5.36. The first-order chi connectivity index (χ1) is 11.6. The molecule has 0 amide bonds. The normalized spacial score (nSPS) is 15.3. The van der Waals surface area contributed by atoms with E-state index in [-0.39, 0.29) is 4.90 Å². The molecule has 0 unspecified atom stereocenters. The Balaban J connectivity index is 1.72. The molecular formula is C18H22N2O2S2. The van der Waals surface area contributed by atoms with E-state index in [4.69, 9.17) is 0 Å². The summed E-state index contributed by atoms with van der Waals surface area (Å²) >= 11 is 1.59. The third-order valence-corrected chi connectivity index (χ3v) is 6.35. The van der Waals surface area contributed by atoms with Crippen molar-refractivity contribution in [3.63, 3.8) is 0 Å². The maximum atomic E-state index is 12.5. The monoisotopic (exact) mass is 362 g/mol. The molecule has 0 spiro atoms. The first-order valence-electron chi connectivity index (χ1n) is 8.10. The molecule has 1 aliphatic rings. The van der Waals surface area contributed by atoms with E-state index in [0.717, 1.165) is 23.7 Å². The number of piperidine rings is 1. The zero-order chi connectivity index (χ0) is 17.0. The van der Waals surface area contributed by atoms with Crippen LogP contribution in [-0.2, 0) is 10.0 Å². The third kappa shape index (κ3) is 4.05. The lowest BCUT2D eigenvalue weighted by atomic mass is 10.1. The number of sulfonamides is 1. The van der Waals surface area contributed by atoms with E-state index in [9.17, 15) is 8.42 Å². The molecule has 1 aliphatic heterocycles. The molecule has 6 heteroatoms. The fourth-order valence-electron chi connectivity index (χ4n) is 2.86. The van der Waals surface area contributed by atoms with Gasteiger partial charge in [0.05, 0.1) is 4.90 Å². The van der Waals surface area contributed by atoms with Gasteiger partial charge in [0.2, 0.25) is 0 Å². The van der Waals surface area contributed by atoms with Crippen molar-refractivity contribution in [2.75, 3.05) is 29.0 Å². The smallest absolute Gasteiger partial charge is 0.261 e. The van der Waals surface area contributed by atoms with E-state index in [1.807, 2.05) is 42.7 Å². The molecule has 24 heavy (non-hydrogen) atoms. The first-order valence-corrected chi connectivity index (χ1v) is 10.8. The number of nitrogens with one attached hydrogen (secondary N) is 1. The Hall–Kier alpha value is -1.66. The number of thioether (sulfide) groups is 1. The molecule has 2 aromatic rings. The Morgan fingerprint density at radius 2 is 1.54 bits per heavy atom. The van der Waals surface area contributed by atoms with Crippen LogP contribution < -0.4 is 9.62 Å². The van der Waals surface area contributed by atoms with Crippen LogP contribution in [0.15, 0.2) is 58.3 Å². The van der Waals surface area contributed by atoms with Gasteiger partial charge in [-0.1, -0.05) is 0 Å². The van der Waals surface area contributed by atoms with Gasteiger partial charge in [0.1, 0.15) is 0 Å². The molecule has 1 fully saturated rings. The van der Waals surface area contributed by atoms with Crippen molar-refractivity contribution in [3.8, 4) is 0 Å². The van der Waals surface area contributed by atoms with Crippen molar-refractivity contribution in [2.24, 2.45) is 0 Å². The lowest BCUT2D eigenvalue weighted by Crippen LogP contribution is -2.29. The molecular weight excluding hydrogens is 340 g/mol. The van der Waals surface area contributed by atoms with Crippen LogP contribution in [0.1, 0.15) is 19.3 Å².